The van der Waals surface area contributed by atoms with Gasteiger partial charge in [-0.2, -0.15) is 0 Å². The summed E-state index contributed by atoms with van der Waals surface area (Å²) in [6.07, 6.45) is 3.76. The number of aromatic nitrogens is 1. The molecule has 0 amide bonds. The molecule has 0 saturated heterocycles. The van der Waals surface area contributed by atoms with Crippen molar-refractivity contribution in [3.63, 3.8) is 0 Å². The molecule has 0 aliphatic heterocycles. The highest BCUT2D eigenvalue weighted by atomic mass is 15.2. The van der Waals surface area contributed by atoms with Crippen molar-refractivity contribution in [2.75, 3.05) is 26.4 Å². The minimum Gasteiger partial charge on any atom is -0.383 e. The fourth-order valence-electron chi connectivity index (χ4n) is 2.05. The number of nitrogens with two attached hydrogens (primary N) is 1. The van der Waals surface area contributed by atoms with Gasteiger partial charge >= 0.3 is 0 Å². The summed E-state index contributed by atoms with van der Waals surface area (Å²) < 4.78 is 0. The number of hydrogen-bond donors (Lipinski definition) is 2. The molecule has 0 aliphatic carbocycles. The van der Waals surface area contributed by atoms with Gasteiger partial charge in [-0.3, -0.25) is 0 Å². The predicted octanol–water partition coefficient (Wildman–Crippen LogP) is 1.91. The van der Waals surface area contributed by atoms with Crippen LogP contribution in [0.1, 0.15) is 32.8 Å². The summed E-state index contributed by atoms with van der Waals surface area (Å²) in [6.45, 7) is 7.72. The molecular weight excluding hydrogens is 236 g/mol. The molecule has 1 atom stereocenters. The smallest absolute Gasteiger partial charge is 0.126 e. The van der Waals surface area contributed by atoms with Crippen molar-refractivity contribution in [3.05, 3.63) is 23.9 Å². The van der Waals surface area contributed by atoms with Crippen LogP contribution in [0.15, 0.2) is 18.3 Å². The molecule has 108 valence electrons. The van der Waals surface area contributed by atoms with Crippen LogP contribution in [0, 0.1) is 0 Å². The van der Waals surface area contributed by atoms with Crippen molar-refractivity contribution in [1.29, 1.82) is 0 Å². The van der Waals surface area contributed by atoms with Gasteiger partial charge in [-0.15, -0.1) is 0 Å². The van der Waals surface area contributed by atoms with Crippen LogP contribution in [0.4, 0.5) is 5.82 Å². The van der Waals surface area contributed by atoms with Crippen molar-refractivity contribution in [2.45, 2.75) is 45.2 Å². The molecule has 0 fully saturated rings. The third-order valence-corrected chi connectivity index (χ3v) is 4.00. The van der Waals surface area contributed by atoms with Gasteiger partial charge in [0.1, 0.15) is 5.82 Å². The van der Waals surface area contributed by atoms with Gasteiger partial charge in [-0.05, 0) is 59.0 Å². The van der Waals surface area contributed by atoms with Crippen LogP contribution in [0.3, 0.4) is 0 Å². The molecule has 0 aliphatic rings. The molecule has 0 spiro atoms. The first-order chi connectivity index (χ1) is 8.89. The van der Waals surface area contributed by atoms with Gasteiger partial charge in [0.05, 0.1) is 0 Å². The first-order valence-corrected chi connectivity index (χ1v) is 6.99. The van der Waals surface area contributed by atoms with E-state index in [2.05, 4.69) is 56.1 Å². The zero-order valence-electron chi connectivity index (χ0n) is 12.9. The quantitative estimate of drug-likeness (QED) is 0.790. The van der Waals surface area contributed by atoms with E-state index < -0.39 is 0 Å². The summed E-state index contributed by atoms with van der Waals surface area (Å²) in [7, 11) is 4.24. The first kappa shape index (κ1) is 15.9. The molecule has 3 N–H and O–H groups in total. The highest BCUT2D eigenvalue weighted by Crippen LogP contribution is 2.21. The standard InChI is InChI=1S/C15H28N4/c1-6-9-17-13(15(2,3)19(4)5)11-12-8-7-10-18-14(12)16/h7-8,10,13,17H,6,9,11H2,1-5H3,(H2,16,18). The summed E-state index contributed by atoms with van der Waals surface area (Å²) in [5, 5.41) is 3.64. The first-order valence-electron chi connectivity index (χ1n) is 6.99. The highest BCUT2D eigenvalue weighted by molar-refractivity contribution is 5.39. The van der Waals surface area contributed by atoms with Gasteiger partial charge in [0.2, 0.25) is 0 Å². The largest absolute Gasteiger partial charge is 0.383 e. The third kappa shape index (κ3) is 4.18. The number of nitrogens with one attached hydrogen (secondary N) is 1. The lowest BCUT2D eigenvalue weighted by atomic mass is 9.88. The van der Waals surface area contributed by atoms with Gasteiger partial charge < -0.3 is 16.0 Å². The molecule has 0 aromatic carbocycles. The van der Waals surface area contributed by atoms with Crippen LogP contribution in [0.2, 0.25) is 0 Å². The van der Waals surface area contributed by atoms with Crippen LogP contribution in [-0.4, -0.2) is 42.1 Å². The van der Waals surface area contributed by atoms with E-state index in [0.29, 0.717) is 11.9 Å². The van der Waals surface area contributed by atoms with E-state index in [-0.39, 0.29) is 5.54 Å². The molecule has 0 saturated carbocycles. The average molecular weight is 264 g/mol. The summed E-state index contributed by atoms with van der Waals surface area (Å²) >= 11 is 0. The summed E-state index contributed by atoms with van der Waals surface area (Å²) in [5.74, 6) is 0.639. The number of pyridine rings is 1. The second-order valence-corrected chi connectivity index (χ2v) is 5.81. The molecule has 1 unspecified atom stereocenters. The molecule has 19 heavy (non-hydrogen) atoms. The van der Waals surface area contributed by atoms with Gasteiger partial charge in [-0.25, -0.2) is 4.98 Å². The van der Waals surface area contributed by atoms with Crippen molar-refractivity contribution < 1.29 is 0 Å². The van der Waals surface area contributed by atoms with E-state index in [4.69, 9.17) is 5.73 Å². The maximum atomic E-state index is 5.96. The van der Waals surface area contributed by atoms with E-state index in [1.54, 1.807) is 6.20 Å². The monoisotopic (exact) mass is 264 g/mol. The van der Waals surface area contributed by atoms with Crippen molar-refractivity contribution in [2.24, 2.45) is 0 Å². The number of nitrogens with zero attached hydrogens (tertiary/aromatic N) is 2. The Morgan fingerprint density at radius 3 is 2.63 bits per heavy atom. The van der Waals surface area contributed by atoms with E-state index in [9.17, 15) is 0 Å². The Labute approximate surface area is 117 Å². The van der Waals surface area contributed by atoms with Crippen LogP contribution in [-0.2, 0) is 6.42 Å². The highest BCUT2D eigenvalue weighted by Gasteiger charge is 2.31. The molecule has 1 aromatic heterocycles. The normalized spacial score (nSPS) is 13.8. The van der Waals surface area contributed by atoms with E-state index in [0.717, 1.165) is 24.9 Å². The van der Waals surface area contributed by atoms with Crippen molar-refractivity contribution >= 4 is 5.82 Å². The fourth-order valence-corrected chi connectivity index (χ4v) is 2.05. The Hall–Kier alpha value is -1.13. The molecule has 0 bridgehead atoms. The summed E-state index contributed by atoms with van der Waals surface area (Å²) in [6, 6.07) is 4.36. The molecule has 1 aromatic rings. The lowest BCUT2D eigenvalue weighted by Crippen LogP contribution is -2.56. The Balaban J connectivity index is 2.89. The molecular formula is C15H28N4. The van der Waals surface area contributed by atoms with Crippen LogP contribution < -0.4 is 11.1 Å². The van der Waals surface area contributed by atoms with Crippen LogP contribution in [0.5, 0.6) is 0 Å². The lowest BCUT2D eigenvalue weighted by Gasteiger charge is -2.41. The number of anilines is 1. The molecule has 1 heterocycles. The maximum absolute atomic E-state index is 5.96. The molecule has 1 rings (SSSR count). The Bertz CT molecular complexity index is 387. The maximum Gasteiger partial charge on any atom is 0.126 e. The molecule has 4 heteroatoms. The van der Waals surface area contributed by atoms with E-state index in [1.165, 1.54) is 0 Å². The van der Waals surface area contributed by atoms with Crippen LogP contribution >= 0.6 is 0 Å². The SMILES string of the molecule is CCCNC(Cc1cccnc1N)C(C)(C)N(C)C. The Kier molecular flexibility index (Phi) is 5.76. The van der Waals surface area contributed by atoms with E-state index >= 15 is 0 Å². The van der Waals surface area contributed by atoms with E-state index in [1.807, 2.05) is 6.07 Å². The van der Waals surface area contributed by atoms with Gasteiger partial charge in [0.15, 0.2) is 0 Å². The predicted molar refractivity (Wildman–Crippen MR) is 82.2 cm³/mol. The topological polar surface area (TPSA) is 54.2 Å². The second-order valence-electron chi connectivity index (χ2n) is 5.81. The Morgan fingerprint density at radius 2 is 2.11 bits per heavy atom. The summed E-state index contributed by atoms with van der Waals surface area (Å²) in [4.78, 5) is 6.43. The number of likely N-dealkylation sites (N-methyl/N-ethyl adjacent to an activating group) is 1. The zero-order valence-corrected chi connectivity index (χ0v) is 12.9. The zero-order chi connectivity index (χ0) is 14.5. The van der Waals surface area contributed by atoms with Crippen molar-refractivity contribution in [1.82, 2.24) is 15.2 Å². The fraction of sp³-hybridized carbons (Fsp3) is 0.667. The average Bonchev–Trinajstić information content (AvgIpc) is 2.36. The van der Waals surface area contributed by atoms with Crippen LogP contribution in [0.25, 0.3) is 0 Å². The number of hydrogen-bond acceptors (Lipinski definition) is 4. The number of rotatable bonds is 7. The molecule has 4 nitrogen and oxygen atoms in total. The Morgan fingerprint density at radius 1 is 1.42 bits per heavy atom. The minimum atomic E-state index is 0.0530. The minimum absolute atomic E-state index is 0.0530. The van der Waals surface area contributed by atoms with Gasteiger partial charge in [0.25, 0.3) is 0 Å². The van der Waals surface area contributed by atoms with Gasteiger partial charge in [-0.1, -0.05) is 13.0 Å². The lowest BCUT2D eigenvalue weighted by molar-refractivity contribution is 0.137. The second kappa shape index (κ2) is 6.87. The summed E-state index contributed by atoms with van der Waals surface area (Å²) in [5.41, 5.74) is 7.13. The molecule has 0 radical (unpaired) electrons. The number of nitrogen functional groups attached to an aromatic ring is 1. The van der Waals surface area contributed by atoms with Crippen molar-refractivity contribution in [3.8, 4) is 0 Å². The third-order valence-electron chi connectivity index (χ3n) is 4.00. The van der Waals surface area contributed by atoms with Gasteiger partial charge in [0, 0.05) is 17.8 Å².